The fourth-order valence-corrected chi connectivity index (χ4v) is 7.58. The normalized spacial score (nSPS) is 12.5. The minimum atomic E-state index is -6.52. The van der Waals surface area contributed by atoms with E-state index in [0.29, 0.717) is 0 Å². The van der Waals surface area contributed by atoms with Crippen LogP contribution in [0, 0.1) is 0 Å². The second-order valence-corrected chi connectivity index (χ2v) is 14.3. The number of fused-ring (bicyclic) bond motifs is 8. The van der Waals surface area contributed by atoms with E-state index in [1.807, 2.05) is 48.6 Å². The Morgan fingerprint density at radius 1 is 0.500 bits per heavy atom. The topological polar surface area (TPSA) is 207 Å². The number of aromatic nitrogens is 4. The molecule has 8 bridgehead atoms. The standard InChI is InChI=1S/C20H14N4.C6H5.4CHO2.Cu.Fe/c1-2-14-10-16-5-6-18(23-16)12-20-8-7-19(24-20)11-17-4-3-15(22-17)9-13(1)21-14;1-2-4-6-5-3-1;4*2-1-3;;/h1-12,21,24H;1-5H;4*(H,2,3);;. The van der Waals surface area contributed by atoms with E-state index < -0.39 is 35.7 Å². The summed E-state index contributed by atoms with van der Waals surface area (Å²) in [4.78, 5) is 52.1. The Morgan fingerprint density at radius 2 is 0.795 bits per heavy atom. The van der Waals surface area contributed by atoms with Gasteiger partial charge in [-0.05, 0) is 72.8 Å². The summed E-state index contributed by atoms with van der Waals surface area (Å²) < 4.78 is -0.745. The molecule has 14 heteroatoms. The molecule has 0 saturated carbocycles. The van der Waals surface area contributed by atoms with Crippen LogP contribution < -0.4 is 4.46 Å². The number of H-pyrrole nitrogens is 2. The SMILES string of the molecule is C1=Cc2cc3ccc(cc4nc(cc5ccc(cc1n2)[nH]5)C=C4)[nH]3.O=[C](O)[Fe]([C](=O)O)([C](=O)O)([C](=O)O)[c]1ccccc1.[Cu]. The van der Waals surface area contributed by atoms with Crippen molar-refractivity contribution in [3.63, 3.8) is 0 Å². The number of benzene rings is 1. The Labute approximate surface area is 259 Å². The summed E-state index contributed by atoms with van der Waals surface area (Å²) in [6.07, 6.45) is 8.09. The first-order chi connectivity index (χ1) is 20.5. The number of aromatic amines is 2. The molecule has 4 aromatic rings. The van der Waals surface area contributed by atoms with Gasteiger partial charge in [0.2, 0.25) is 0 Å². The van der Waals surface area contributed by atoms with Gasteiger partial charge >= 0.3 is 106 Å². The summed E-state index contributed by atoms with van der Waals surface area (Å²) in [5, 5.41) is 36.6. The maximum Gasteiger partial charge on any atom is 0 e. The van der Waals surface area contributed by atoms with Crippen LogP contribution in [-0.4, -0.2) is 59.8 Å². The van der Waals surface area contributed by atoms with Gasteiger partial charge in [0.15, 0.2) is 0 Å². The quantitative estimate of drug-likeness (QED) is 0.111. The van der Waals surface area contributed by atoms with E-state index in [9.17, 15) is 19.2 Å². The van der Waals surface area contributed by atoms with Crippen LogP contribution in [0.5, 0.6) is 0 Å². The summed E-state index contributed by atoms with van der Waals surface area (Å²) in [5.74, 6) is 0. The molecule has 0 amide bonds. The number of hydrogen-bond acceptors (Lipinski definition) is 6. The van der Waals surface area contributed by atoms with Crippen LogP contribution >= 0.6 is 0 Å². The van der Waals surface area contributed by atoms with Crippen molar-refractivity contribution in [1.82, 2.24) is 19.9 Å². The smallest absolute Gasteiger partial charge is 0 e. The number of rotatable bonds is 5. The zero-order chi connectivity index (χ0) is 30.8. The fourth-order valence-electron chi connectivity index (χ4n) is 4.33. The van der Waals surface area contributed by atoms with Gasteiger partial charge in [0.1, 0.15) is 0 Å². The number of nitrogens with zero attached hydrogens (tertiary/aromatic N) is 2. The van der Waals surface area contributed by atoms with Crippen molar-refractivity contribution in [3.05, 3.63) is 102 Å². The largest absolute Gasteiger partial charge is 0 e. The van der Waals surface area contributed by atoms with E-state index in [1.54, 1.807) is 0 Å². The van der Waals surface area contributed by atoms with Crippen molar-refractivity contribution in [2.45, 2.75) is 0 Å². The van der Waals surface area contributed by atoms with E-state index in [0.717, 1.165) is 57.0 Å². The average molecular weight is 687 g/mol. The summed E-state index contributed by atoms with van der Waals surface area (Å²) >= 11 is -6.52. The molecule has 0 spiro atoms. The van der Waals surface area contributed by atoms with E-state index in [-0.39, 0.29) is 17.1 Å². The van der Waals surface area contributed by atoms with Gasteiger partial charge in [-0.1, -0.05) is 0 Å². The van der Waals surface area contributed by atoms with Gasteiger partial charge in [-0.25, -0.2) is 9.97 Å². The zero-order valence-corrected chi connectivity index (χ0v) is 24.3. The molecule has 0 saturated heterocycles. The molecule has 1 radical (unpaired) electrons. The third kappa shape index (κ3) is 5.23. The Kier molecular flexibility index (Phi) is 8.75. The maximum atomic E-state index is 11.4. The predicted octanol–water partition coefficient (Wildman–Crippen LogP) is 6.37. The van der Waals surface area contributed by atoms with Crippen LogP contribution in [0.25, 0.3) is 46.4 Å². The Morgan fingerprint density at radius 3 is 1.07 bits per heavy atom. The molecular weight excluding hydrogens is 664 g/mol. The summed E-state index contributed by atoms with van der Waals surface area (Å²) in [7, 11) is 0. The van der Waals surface area contributed by atoms with Crippen LogP contribution in [0.2, 0.25) is 0 Å². The molecule has 2 aliphatic rings. The van der Waals surface area contributed by atoms with Crippen LogP contribution in [0.1, 0.15) is 22.8 Å². The molecule has 12 nitrogen and oxygen atoms in total. The van der Waals surface area contributed by atoms with Crippen LogP contribution in [0.15, 0.2) is 78.9 Å². The molecule has 0 aliphatic carbocycles. The number of hydrogen-bond donors (Lipinski definition) is 6. The Hall–Kier alpha value is -5.26. The molecule has 44 heavy (non-hydrogen) atoms. The first kappa shape index (κ1) is 31.7. The van der Waals surface area contributed by atoms with Gasteiger partial charge in [-0.3, -0.25) is 0 Å². The van der Waals surface area contributed by atoms with Gasteiger partial charge in [0, 0.05) is 39.1 Å². The monoisotopic (exact) mass is 686 g/mol. The molecule has 0 unspecified atom stereocenters. The maximum absolute atomic E-state index is 11.4. The van der Waals surface area contributed by atoms with E-state index in [4.69, 9.17) is 20.4 Å². The van der Waals surface area contributed by atoms with Gasteiger partial charge in [0.05, 0.1) is 22.8 Å². The van der Waals surface area contributed by atoms with Crippen LogP contribution in [-0.2, 0) is 28.9 Å². The third-order valence-electron chi connectivity index (χ3n) is 6.38. The Bertz CT molecular complexity index is 1790. The van der Waals surface area contributed by atoms with Crippen molar-refractivity contribution < 1.29 is 68.5 Å². The van der Waals surface area contributed by atoms with Crippen LogP contribution in [0.4, 0.5) is 19.2 Å². The molecule has 0 atom stereocenters. The van der Waals surface area contributed by atoms with Crippen LogP contribution in [0.3, 0.4) is 0 Å². The number of carbonyl (C=O) groups is 4. The van der Waals surface area contributed by atoms with Crippen molar-refractivity contribution in [1.29, 1.82) is 0 Å². The third-order valence-corrected chi connectivity index (χ3v) is 11.8. The van der Waals surface area contributed by atoms with Gasteiger partial charge in [0.25, 0.3) is 0 Å². The molecule has 6 N–H and O–H groups in total. The van der Waals surface area contributed by atoms with Gasteiger partial charge in [-0.2, -0.15) is 0 Å². The minimum absolute atomic E-state index is 0. The first-order valence-corrected chi connectivity index (χ1v) is 15.1. The second-order valence-electron chi connectivity index (χ2n) is 9.04. The number of nitrogens with one attached hydrogen (secondary N) is 2. The average Bonchev–Trinajstić information content (AvgIpc) is 3.76. The molecule has 3 aromatic heterocycles. The van der Waals surface area contributed by atoms with E-state index in [2.05, 4.69) is 44.2 Å². The molecule has 2 aliphatic heterocycles. The number of carboxylic acid groups (broad SMARTS) is 4. The molecule has 1 aromatic carbocycles. The summed E-state index contributed by atoms with van der Waals surface area (Å²) in [6, 6.07) is 21.9. The van der Waals surface area contributed by atoms with Gasteiger partial charge < -0.3 is 9.97 Å². The second kappa shape index (κ2) is 12.2. The van der Waals surface area contributed by atoms with Crippen molar-refractivity contribution in [2.75, 3.05) is 0 Å². The molecular formula is C30H23CuFeN4O8. The molecule has 0 fully saturated rings. The molecule has 5 heterocycles. The minimum Gasteiger partial charge on any atom is 0 e. The summed E-state index contributed by atoms with van der Waals surface area (Å²) in [5.41, 5.74) is 7.86. The molecule has 230 valence electrons. The van der Waals surface area contributed by atoms with E-state index in [1.165, 1.54) is 18.2 Å². The predicted molar refractivity (Wildman–Crippen MR) is 157 cm³/mol. The first-order valence-electron chi connectivity index (χ1n) is 12.4. The van der Waals surface area contributed by atoms with E-state index >= 15 is 0 Å². The zero-order valence-electron chi connectivity index (χ0n) is 22.3. The van der Waals surface area contributed by atoms with Crippen molar-refractivity contribution in [3.8, 4) is 0 Å². The Balaban J connectivity index is 0.000000203. The van der Waals surface area contributed by atoms with Crippen molar-refractivity contribution in [2.24, 2.45) is 0 Å². The van der Waals surface area contributed by atoms with Gasteiger partial charge in [-0.15, -0.1) is 0 Å². The van der Waals surface area contributed by atoms with Crippen molar-refractivity contribution >= 4 is 70.3 Å². The fraction of sp³-hybridized carbons (Fsp3) is 0. The molecule has 6 rings (SSSR count). The summed E-state index contributed by atoms with van der Waals surface area (Å²) in [6.45, 7) is 0.